The molecule has 0 radical (unpaired) electrons. The number of ether oxygens (including phenoxy) is 2. The van der Waals surface area contributed by atoms with E-state index < -0.39 is 0 Å². The molecule has 1 aromatic carbocycles. The summed E-state index contributed by atoms with van der Waals surface area (Å²) in [5.74, 6) is 1.64. The van der Waals surface area contributed by atoms with E-state index in [0.717, 1.165) is 53.0 Å². The third-order valence-electron chi connectivity index (χ3n) is 6.25. The first kappa shape index (κ1) is 19.4. The quantitative estimate of drug-likeness (QED) is 0.589. The fraction of sp³-hybridized carbons (Fsp3) is 0.375. The van der Waals surface area contributed by atoms with Crippen LogP contribution in [0.1, 0.15) is 54.8 Å². The summed E-state index contributed by atoms with van der Waals surface area (Å²) in [4.78, 5) is 4.36. The normalized spacial score (nSPS) is 18.8. The summed E-state index contributed by atoms with van der Waals surface area (Å²) in [6.07, 6.45) is 4.96. The minimum atomic E-state index is -0.283. The fourth-order valence-corrected chi connectivity index (χ4v) is 4.33. The molecule has 1 aliphatic heterocycles. The lowest BCUT2D eigenvalue weighted by atomic mass is 10.0. The molecule has 2 aromatic heterocycles. The van der Waals surface area contributed by atoms with Gasteiger partial charge in [-0.15, -0.1) is 0 Å². The zero-order chi connectivity index (χ0) is 21.8. The van der Waals surface area contributed by atoms with Gasteiger partial charge in [-0.1, -0.05) is 11.6 Å². The van der Waals surface area contributed by atoms with Crippen LogP contribution >= 0.6 is 0 Å². The number of aryl methyl sites for hydroxylation is 3. The van der Waals surface area contributed by atoms with Crippen LogP contribution in [0.2, 0.25) is 0 Å². The number of rotatable bonds is 0. The monoisotopic (exact) mass is 415 g/mol. The maximum absolute atomic E-state index is 9.77. The molecule has 7 nitrogen and oxygen atoms in total. The molecule has 2 bridgehead atoms. The average molecular weight is 415 g/mol. The van der Waals surface area contributed by atoms with E-state index in [9.17, 15) is 5.26 Å². The predicted molar refractivity (Wildman–Crippen MR) is 117 cm³/mol. The Morgan fingerprint density at radius 2 is 2.03 bits per heavy atom. The maximum atomic E-state index is 9.77. The first-order valence-corrected chi connectivity index (χ1v) is 10.6. The van der Waals surface area contributed by atoms with Gasteiger partial charge >= 0.3 is 0 Å². The number of benzene rings is 1. The zero-order valence-corrected chi connectivity index (χ0v) is 18.0. The number of nitrogens with two attached hydrogens (primary N) is 1. The second kappa shape index (κ2) is 7.02. The Morgan fingerprint density at radius 3 is 2.77 bits per heavy atom. The Balaban J connectivity index is 1.68. The van der Waals surface area contributed by atoms with E-state index in [1.165, 1.54) is 0 Å². The molecule has 1 saturated carbocycles. The molecule has 3 heterocycles. The SMILES string of the molecule is Cc1ccc2c(c1)[C@@H](C)Oc1cc(cnc1N)-c1c(nn(C)c1C#N)CCC1(CC1)O2. The van der Waals surface area contributed by atoms with E-state index in [1.807, 2.05) is 19.1 Å². The van der Waals surface area contributed by atoms with Crippen molar-refractivity contribution in [1.82, 2.24) is 14.8 Å². The molecule has 1 aliphatic carbocycles. The van der Waals surface area contributed by atoms with Crippen LogP contribution in [-0.4, -0.2) is 20.4 Å². The van der Waals surface area contributed by atoms with Crippen LogP contribution in [0.5, 0.6) is 11.5 Å². The summed E-state index contributed by atoms with van der Waals surface area (Å²) < 4.78 is 14.5. The minimum Gasteiger partial charge on any atom is -0.487 e. The number of aromatic nitrogens is 3. The van der Waals surface area contributed by atoms with Gasteiger partial charge in [0, 0.05) is 29.9 Å². The Kier molecular flexibility index (Phi) is 4.40. The van der Waals surface area contributed by atoms with Gasteiger partial charge < -0.3 is 15.2 Å². The molecule has 7 heteroatoms. The third-order valence-corrected chi connectivity index (χ3v) is 6.25. The zero-order valence-electron chi connectivity index (χ0n) is 18.0. The highest BCUT2D eigenvalue weighted by molar-refractivity contribution is 5.73. The molecule has 0 amide bonds. The van der Waals surface area contributed by atoms with Crippen molar-refractivity contribution in [2.24, 2.45) is 7.05 Å². The van der Waals surface area contributed by atoms with Crippen LogP contribution in [0, 0.1) is 18.3 Å². The van der Waals surface area contributed by atoms with Crippen molar-refractivity contribution in [2.75, 3.05) is 5.73 Å². The number of nitriles is 1. The summed E-state index contributed by atoms with van der Waals surface area (Å²) in [6.45, 7) is 4.05. The summed E-state index contributed by atoms with van der Waals surface area (Å²) in [7, 11) is 1.79. The van der Waals surface area contributed by atoms with Crippen LogP contribution in [-0.2, 0) is 13.5 Å². The lowest BCUT2D eigenvalue weighted by molar-refractivity contribution is 0.156. The van der Waals surface area contributed by atoms with E-state index in [0.29, 0.717) is 23.7 Å². The largest absolute Gasteiger partial charge is 0.487 e. The van der Waals surface area contributed by atoms with E-state index in [4.69, 9.17) is 15.2 Å². The Bertz CT molecular complexity index is 1220. The molecule has 158 valence electrons. The molecule has 5 rings (SSSR count). The van der Waals surface area contributed by atoms with Crippen molar-refractivity contribution >= 4 is 5.82 Å². The van der Waals surface area contributed by atoms with Gasteiger partial charge in [-0.3, -0.25) is 4.68 Å². The van der Waals surface area contributed by atoms with Gasteiger partial charge in [-0.25, -0.2) is 4.98 Å². The van der Waals surface area contributed by atoms with Crippen molar-refractivity contribution in [3.8, 4) is 28.7 Å². The van der Waals surface area contributed by atoms with Crippen LogP contribution in [0.25, 0.3) is 11.1 Å². The van der Waals surface area contributed by atoms with Crippen LogP contribution in [0.15, 0.2) is 30.5 Å². The first-order valence-electron chi connectivity index (χ1n) is 10.6. The molecule has 1 spiro atoms. The lowest BCUT2D eigenvalue weighted by Crippen LogP contribution is -2.21. The number of nitrogen functional groups attached to an aromatic ring is 1. The second-order valence-electron chi connectivity index (χ2n) is 8.60. The van der Waals surface area contributed by atoms with Crippen molar-refractivity contribution in [2.45, 2.75) is 51.2 Å². The molecule has 1 fully saturated rings. The van der Waals surface area contributed by atoms with Crippen LogP contribution < -0.4 is 15.2 Å². The van der Waals surface area contributed by atoms with E-state index in [2.05, 4.69) is 35.2 Å². The van der Waals surface area contributed by atoms with Gasteiger partial charge in [0.2, 0.25) is 0 Å². The Morgan fingerprint density at radius 1 is 1.23 bits per heavy atom. The van der Waals surface area contributed by atoms with Crippen molar-refractivity contribution in [3.63, 3.8) is 0 Å². The standard InChI is InChI=1S/C24H25N5O2/c1-14-4-5-20-17(10-14)15(2)30-21-11-16(13-27-23(21)26)22-18(28-29(3)19(22)12-25)6-7-24(31-20)8-9-24/h4-5,10-11,13,15H,6-9H2,1-3H3,(H2,26,27)/t15-/m1/s1. The maximum Gasteiger partial charge on any atom is 0.166 e. The highest BCUT2D eigenvalue weighted by Gasteiger charge is 2.46. The van der Waals surface area contributed by atoms with Crippen molar-refractivity contribution in [1.29, 1.82) is 5.26 Å². The number of hydrogen-bond donors (Lipinski definition) is 1. The summed E-state index contributed by atoms with van der Waals surface area (Å²) in [5, 5.41) is 14.4. The van der Waals surface area contributed by atoms with E-state index >= 15 is 0 Å². The van der Waals surface area contributed by atoms with Crippen LogP contribution in [0.4, 0.5) is 5.82 Å². The van der Waals surface area contributed by atoms with Gasteiger partial charge in [0.15, 0.2) is 11.6 Å². The summed E-state index contributed by atoms with van der Waals surface area (Å²) >= 11 is 0. The van der Waals surface area contributed by atoms with Gasteiger partial charge in [0.05, 0.1) is 5.69 Å². The highest BCUT2D eigenvalue weighted by Crippen LogP contribution is 2.47. The first-order chi connectivity index (χ1) is 14.9. The molecule has 31 heavy (non-hydrogen) atoms. The topological polar surface area (TPSA) is 99.0 Å². The van der Waals surface area contributed by atoms with Crippen LogP contribution in [0.3, 0.4) is 0 Å². The van der Waals surface area contributed by atoms with Crippen molar-refractivity contribution < 1.29 is 9.47 Å². The molecule has 1 atom stereocenters. The molecular weight excluding hydrogens is 390 g/mol. The van der Waals surface area contributed by atoms with Gasteiger partial charge in [0.25, 0.3) is 0 Å². The lowest BCUT2D eigenvalue weighted by Gasteiger charge is -2.23. The molecule has 0 saturated heterocycles. The van der Waals surface area contributed by atoms with Crippen molar-refractivity contribution in [3.05, 3.63) is 53.0 Å². The Hall–Kier alpha value is -3.53. The highest BCUT2D eigenvalue weighted by atomic mass is 16.5. The molecular formula is C24H25N5O2. The summed E-state index contributed by atoms with van der Waals surface area (Å²) in [6, 6.07) is 10.3. The summed E-state index contributed by atoms with van der Waals surface area (Å²) in [5.41, 5.74) is 11.0. The van der Waals surface area contributed by atoms with Gasteiger partial charge in [0.1, 0.15) is 29.2 Å². The Labute approximate surface area is 181 Å². The van der Waals surface area contributed by atoms with Gasteiger partial charge in [-0.05, 0) is 57.7 Å². The predicted octanol–water partition coefficient (Wildman–Crippen LogP) is 4.24. The number of fused-ring (bicyclic) bond motifs is 5. The molecule has 0 unspecified atom stereocenters. The molecule has 2 aliphatic rings. The number of anilines is 1. The van der Waals surface area contributed by atoms with Gasteiger partial charge in [-0.2, -0.15) is 10.4 Å². The van der Waals surface area contributed by atoms with E-state index in [-0.39, 0.29) is 11.7 Å². The molecule has 2 N–H and O–H groups in total. The van der Waals surface area contributed by atoms with E-state index in [1.54, 1.807) is 17.9 Å². The average Bonchev–Trinajstić information content (AvgIpc) is 3.43. The number of nitrogens with zero attached hydrogens (tertiary/aromatic N) is 4. The number of pyridine rings is 1. The number of hydrogen-bond acceptors (Lipinski definition) is 6. The minimum absolute atomic E-state index is 0.199. The smallest absolute Gasteiger partial charge is 0.166 e. The second-order valence-corrected chi connectivity index (χ2v) is 8.60. The molecule has 3 aromatic rings. The fourth-order valence-electron chi connectivity index (χ4n) is 4.33. The third kappa shape index (κ3) is 3.38.